The van der Waals surface area contributed by atoms with E-state index in [1.165, 1.54) is 4.90 Å². The molecule has 1 saturated heterocycles. The van der Waals surface area contributed by atoms with Gasteiger partial charge in [-0.2, -0.15) is 5.26 Å². The Morgan fingerprint density at radius 1 is 1.10 bits per heavy atom. The quantitative estimate of drug-likeness (QED) is 0.477. The first-order chi connectivity index (χ1) is 13.9. The highest BCUT2D eigenvalue weighted by molar-refractivity contribution is 5.89. The van der Waals surface area contributed by atoms with E-state index in [1.807, 2.05) is 32.0 Å². The van der Waals surface area contributed by atoms with Gasteiger partial charge in [0, 0.05) is 19.6 Å². The number of carbonyl (C=O) groups excluding carboxylic acids is 3. The van der Waals surface area contributed by atoms with Gasteiger partial charge in [-0.3, -0.25) is 14.4 Å². The third-order valence-corrected chi connectivity index (χ3v) is 4.54. The first kappa shape index (κ1) is 22.4. The standard InChI is InChI=1S/C21H28N4O4/c1-17(2)13-24(14-20(27)23-8-10-29-11-9-23)21(28)15-25(16-22)19(26)12-18-6-4-3-5-7-18/h3-7,17H,8-15H2,1-2H3. The monoisotopic (exact) mass is 400 g/mol. The lowest BCUT2D eigenvalue weighted by atomic mass is 10.1. The molecular formula is C21H28N4O4. The SMILES string of the molecule is CC(C)CN(CC(=O)N1CCOCC1)C(=O)CN(C#N)C(=O)Cc1ccccc1. The number of nitrogens with zero attached hydrogens (tertiary/aromatic N) is 4. The Morgan fingerprint density at radius 2 is 1.76 bits per heavy atom. The number of hydrogen-bond donors (Lipinski definition) is 0. The zero-order chi connectivity index (χ0) is 21.2. The molecular weight excluding hydrogens is 372 g/mol. The molecule has 1 fully saturated rings. The lowest BCUT2D eigenvalue weighted by molar-refractivity contribution is -0.144. The lowest BCUT2D eigenvalue weighted by Crippen LogP contribution is -2.50. The Morgan fingerprint density at radius 3 is 2.34 bits per heavy atom. The van der Waals surface area contributed by atoms with Gasteiger partial charge in [-0.15, -0.1) is 0 Å². The van der Waals surface area contributed by atoms with Gasteiger partial charge in [0.25, 0.3) is 0 Å². The molecule has 0 saturated carbocycles. The summed E-state index contributed by atoms with van der Waals surface area (Å²) in [6.07, 6.45) is 1.84. The summed E-state index contributed by atoms with van der Waals surface area (Å²) in [5.74, 6) is -0.868. The van der Waals surface area contributed by atoms with Gasteiger partial charge in [-0.05, 0) is 11.5 Å². The molecule has 0 aromatic heterocycles. The predicted molar refractivity (Wildman–Crippen MR) is 106 cm³/mol. The summed E-state index contributed by atoms with van der Waals surface area (Å²) in [4.78, 5) is 41.8. The minimum atomic E-state index is -0.448. The number of carbonyl (C=O) groups is 3. The molecule has 1 aliphatic heterocycles. The molecule has 1 aromatic rings. The minimum absolute atomic E-state index is 0.0402. The van der Waals surface area contributed by atoms with Gasteiger partial charge in [0.15, 0.2) is 6.19 Å². The van der Waals surface area contributed by atoms with Crippen LogP contribution in [0.4, 0.5) is 0 Å². The average Bonchev–Trinajstić information content (AvgIpc) is 2.72. The maximum atomic E-state index is 12.8. The molecule has 0 N–H and O–H groups in total. The van der Waals surface area contributed by atoms with Gasteiger partial charge < -0.3 is 14.5 Å². The van der Waals surface area contributed by atoms with Crippen molar-refractivity contribution in [2.24, 2.45) is 5.92 Å². The average molecular weight is 400 g/mol. The molecule has 3 amide bonds. The summed E-state index contributed by atoms with van der Waals surface area (Å²) in [5, 5.41) is 9.37. The molecule has 2 rings (SSSR count). The number of nitriles is 1. The normalized spacial score (nSPS) is 13.7. The fraction of sp³-hybridized carbons (Fsp3) is 0.524. The molecule has 156 valence electrons. The van der Waals surface area contributed by atoms with E-state index in [2.05, 4.69) is 0 Å². The Labute approximate surface area is 171 Å². The van der Waals surface area contributed by atoms with Crippen LogP contribution in [0.15, 0.2) is 30.3 Å². The van der Waals surface area contributed by atoms with Crippen molar-refractivity contribution in [3.8, 4) is 6.19 Å². The molecule has 0 atom stereocenters. The molecule has 0 bridgehead atoms. The van der Waals surface area contributed by atoms with Crippen molar-refractivity contribution in [3.63, 3.8) is 0 Å². The number of rotatable bonds is 8. The van der Waals surface area contributed by atoms with Crippen LogP contribution in [0.2, 0.25) is 0 Å². The number of benzene rings is 1. The minimum Gasteiger partial charge on any atom is -0.378 e. The molecule has 1 aliphatic rings. The summed E-state index contributed by atoms with van der Waals surface area (Å²) < 4.78 is 5.25. The van der Waals surface area contributed by atoms with Crippen molar-refractivity contribution in [3.05, 3.63) is 35.9 Å². The zero-order valence-corrected chi connectivity index (χ0v) is 17.0. The van der Waals surface area contributed by atoms with Crippen LogP contribution in [-0.4, -0.2) is 78.4 Å². The maximum absolute atomic E-state index is 12.8. The van der Waals surface area contributed by atoms with Gasteiger partial charge >= 0.3 is 0 Å². The molecule has 8 nitrogen and oxygen atoms in total. The highest BCUT2D eigenvalue weighted by Crippen LogP contribution is 2.07. The lowest BCUT2D eigenvalue weighted by Gasteiger charge is -2.31. The van der Waals surface area contributed by atoms with Crippen LogP contribution < -0.4 is 0 Å². The van der Waals surface area contributed by atoms with Crippen molar-refractivity contribution >= 4 is 17.7 Å². The van der Waals surface area contributed by atoms with Crippen LogP contribution in [0.1, 0.15) is 19.4 Å². The highest BCUT2D eigenvalue weighted by atomic mass is 16.5. The van der Waals surface area contributed by atoms with E-state index in [0.29, 0.717) is 32.8 Å². The highest BCUT2D eigenvalue weighted by Gasteiger charge is 2.26. The first-order valence-corrected chi connectivity index (χ1v) is 9.78. The number of hydrogen-bond acceptors (Lipinski definition) is 5. The Kier molecular flexibility index (Phi) is 8.62. The van der Waals surface area contributed by atoms with E-state index in [-0.39, 0.29) is 31.3 Å². The van der Waals surface area contributed by atoms with Crippen LogP contribution in [0.25, 0.3) is 0 Å². The third kappa shape index (κ3) is 7.20. The van der Waals surface area contributed by atoms with Crippen LogP contribution in [-0.2, 0) is 25.5 Å². The molecule has 8 heteroatoms. The Hall–Kier alpha value is -2.92. The second-order valence-electron chi connectivity index (χ2n) is 7.40. The molecule has 1 aromatic carbocycles. The summed E-state index contributed by atoms with van der Waals surface area (Å²) in [5.41, 5.74) is 0.770. The van der Waals surface area contributed by atoms with E-state index in [4.69, 9.17) is 4.74 Å². The van der Waals surface area contributed by atoms with E-state index >= 15 is 0 Å². The van der Waals surface area contributed by atoms with Crippen molar-refractivity contribution < 1.29 is 19.1 Å². The maximum Gasteiger partial charge on any atom is 0.243 e. The number of morpholine rings is 1. The van der Waals surface area contributed by atoms with Crippen molar-refractivity contribution in [2.75, 3.05) is 45.9 Å². The number of ether oxygens (including phenoxy) is 1. The van der Waals surface area contributed by atoms with Gasteiger partial charge in [0.05, 0.1) is 26.2 Å². The van der Waals surface area contributed by atoms with Crippen LogP contribution >= 0.6 is 0 Å². The summed E-state index contributed by atoms with van der Waals surface area (Å²) in [7, 11) is 0. The van der Waals surface area contributed by atoms with E-state index in [9.17, 15) is 19.6 Å². The molecule has 0 unspecified atom stereocenters. The number of amides is 3. The van der Waals surface area contributed by atoms with Crippen molar-refractivity contribution in [1.82, 2.24) is 14.7 Å². The van der Waals surface area contributed by atoms with Crippen LogP contribution in [0.5, 0.6) is 0 Å². The van der Waals surface area contributed by atoms with Gasteiger partial charge in [-0.25, -0.2) is 4.90 Å². The fourth-order valence-corrected chi connectivity index (χ4v) is 3.05. The Bertz CT molecular complexity index is 739. The van der Waals surface area contributed by atoms with Crippen molar-refractivity contribution in [2.45, 2.75) is 20.3 Å². The van der Waals surface area contributed by atoms with Gasteiger partial charge in [-0.1, -0.05) is 44.2 Å². The molecule has 29 heavy (non-hydrogen) atoms. The first-order valence-electron chi connectivity index (χ1n) is 9.78. The Balaban J connectivity index is 2.00. The van der Waals surface area contributed by atoms with E-state index < -0.39 is 11.8 Å². The smallest absolute Gasteiger partial charge is 0.243 e. The summed E-state index contributed by atoms with van der Waals surface area (Å²) in [6.45, 7) is 5.81. The van der Waals surface area contributed by atoms with Gasteiger partial charge in [0.2, 0.25) is 17.7 Å². The van der Waals surface area contributed by atoms with Gasteiger partial charge in [0.1, 0.15) is 6.54 Å². The molecule has 0 radical (unpaired) electrons. The zero-order valence-electron chi connectivity index (χ0n) is 17.0. The second kappa shape index (κ2) is 11.2. The molecule has 0 aliphatic carbocycles. The third-order valence-electron chi connectivity index (χ3n) is 4.54. The predicted octanol–water partition coefficient (Wildman–Crippen LogP) is 0.882. The summed E-state index contributed by atoms with van der Waals surface area (Å²) in [6, 6.07) is 9.05. The topological polar surface area (TPSA) is 93.9 Å². The van der Waals surface area contributed by atoms with Crippen LogP contribution in [0, 0.1) is 17.4 Å². The van der Waals surface area contributed by atoms with E-state index in [0.717, 1.165) is 10.5 Å². The fourth-order valence-electron chi connectivity index (χ4n) is 3.05. The molecule has 0 spiro atoms. The largest absolute Gasteiger partial charge is 0.378 e. The molecule has 1 heterocycles. The van der Waals surface area contributed by atoms with E-state index in [1.54, 1.807) is 23.2 Å². The van der Waals surface area contributed by atoms with Crippen LogP contribution in [0.3, 0.4) is 0 Å². The van der Waals surface area contributed by atoms with Crippen molar-refractivity contribution in [1.29, 1.82) is 5.26 Å². The second-order valence-corrected chi connectivity index (χ2v) is 7.40. The summed E-state index contributed by atoms with van der Waals surface area (Å²) >= 11 is 0.